The van der Waals surface area contributed by atoms with Crippen LogP contribution in [-0.4, -0.2) is 20.0 Å². The minimum Gasteiger partial charge on any atom is -0.293 e. The molecule has 116 valence electrons. The number of carbonyl (C=O) groups is 1. The summed E-state index contributed by atoms with van der Waals surface area (Å²) in [5, 5.41) is 0. The number of nitrogens with one attached hydrogen (secondary N) is 1. The number of rotatable bonds is 5. The van der Waals surface area contributed by atoms with E-state index < -0.39 is 26.6 Å². The molecule has 0 bridgehead atoms. The quantitative estimate of drug-likeness (QED) is 0.648. The van der Waals surface area contributed by atoms with Gasteiger partial charge in [-0.25, -0.2) is 17.2 Å². The van der Waals surface area contributed by atoms with Crippen molar-refractivity contribution in [1.82, 2.24) is 0 Å². The molecular weight excluding hydrogens is 332 g/mol. The molecule has 0 amide bonds. The van der Waals surface area contributed by atoms with Gasteiger partial charge in [0.05, 0.1) is 5.75 Å². The van der Waals surface area contributed by atoms with Crippen LogP contribution >= 0.6 is 12.6 Å². The lowest BCUT2D eigenvalue weighted by molar-refractivity contribution is 0.102. The summed E-state index contributed by atoms with van der Waals surface area (Å²) in [6.07, 6.45) is 0. The van der Waals surface area contributed by atoms with E-state index in [1.165, 1.54) is 24.3 Å². The average molecular weight is 343 g/mol. The molecule has 2 rings (SSSR count). The van der Waals surface area contributed by atoms with E-state index in [1.807, 2.05) is 0 Å². The van der Waals surface area contributed by atoms with Gasteiger partial charge in [0.15, 0.2) is 5.78 Å². The van der Waals surface area contributed by atoms with Gasteiger partial charge in [-0.15, -0.1) is 0 Å². The van der Waals surface area contributed by atoms with Gasteiger partial charge in [0.25, 0.3) is 10.0 Å². The molecule has 1 N–H and O–H groups in total. The van der Waals surface area contributed by atoms with Gasteiger partial charge in [0, 0.05) is 17.3 Å². The Morgan fingerprint density at radius 1 is 1.09 bits per heavy atom. The van der Waals surface area contributed by atoms with Crippen molar-refractivity contribution < 1.29 is 22.0 Å². The second-order valence-corrected chi connectivity index (χ2v) is 6.31. The van der Waals surface area contributed by atoms with E-state index in [4.69, 9.17) is 0 Å². The van der Waals surface area contributed by atoms with Crippen molar-refractivity contribution in [3.05, 3.63) is 59.7 Å². The molecular formula is C14H11F2NO3S2. The molecule has 0 spiro atoms. The van der Waals surface area contributed by atoms with E-state index in [0.717, 1.165) is 12.1 Å². The van der Waals surface area contributed by atoms with Crippen molar-refractivity contribution >= 4 is 34.1 Å². The number of Topliss-reactive ketones (excluding diaryl/α,β-unsaturated/α-hetero) is 1. The van der Waals surface area contributed by atoms with Gasteiger partial charge in [0.2, 0.25) is 0 Å². The molecule has 0 aliphatic heterocycles. The molecule has 22 heavy (non-hydrogen) atoms. The first-order valence-electron chi connectivity index (χ1n) is 6.05. The van der Waals surface area contributed by atoms with E-state index in [-0.39, 0.29) is 17.2 Å². The van der Waals surface area contributed by atoms with Crippen LogP contribution in [0.2, 0.25) is 0 Å². The molecule has 0 fully saturated rings. The molecule has 2 aromatic rings. The van der Waals surface area contributed by atoms with Gasteiger partial charge in [-0.05, 0) is 36.4 Å². The first kappa shape index (κ1) is 16.4. The van der Waals surface area contributed by atoms with Crippen molar-refractivity contribution in [2.45, 2.75) is 4.90 Å². The van der Waals surface area contributed by atoms with E-state index in [9.17, 15) is 22.0 Å². The molecule has 0 heterocycles. The van der Waals surface area contributed by atoms with Crippen molar-refractivity contribution in [3.63, 3.8) is 0 Å². The highest BCUT2D eigenvalue weighted by atomic mass is 32.2. The molecule has 0 aromatic heterocycles. The van der Waals surface area contributed by atoms with Gasteiger partial charge in [-0.3, -0.25) is 9.52 Å². The Labute approximate surface area is 131 Å². The SMILES string of the molecule is O=C(CS)c1ccc(NS(=O)(=O)c2ccc(F)cc2F)cc1. The zero-order chi connectivity index (χ0) is 16.3. The van der Waals surface area contributed by atoms with Crippen LogP contribution in [0.25, 0.3) is 0 Å². The fraction of sp³-hybridized carbons (Fsp3) is 0.0714. The molecule has 0 saturated carbocycles. The summed E-state index contributed by atoms with van der Waals surface area (Å²) in [5.74, 6) is -2.23. The summed E-state index contributed by atoms with van der Waals surface area (Å²) in [5.41, 5.74) is 0.533. The van der Waals surface area contributed by atoms with Crippen LogP contribution in [-0.2, 0) is 10.0 Å². The first-order chi connectivity index (χ1) is 10.3. The van der Waals surface area contributed by atoms with Crippen molar-refractivity contribution in [2.24, 2.45) is 0 Å². The largest absolute Gasteiger partial charge is 0.293 e. The van der Waals surface area contributed by atoms with Crippen molar-refractivity contribution in [2.75, 3.05) is 10.5 Å². The lowest BCUT2D eigenvalue weighted by Crippen LogP contribution is -2.15. The number of hydrogen-bond acceptors (Lipinski definition) is 4. The number of thiol groups is 1. The maximum atomic E-state index is 13.6. The zero-order valence-electron chi connectivity index (χ0n) is 11.1. The number of ketones is 1. The second-order valence-electron chi connectivity index (χ2n) is 4.34. The number of hydrogen-bond donors (Lipinski definition) is 2. The van der Waals surface area contributed by atoms with Crippen molar-refractivity contribution in [3.8, 4) is 0 Å². The monoisotopic (exact) mass is 343 g/mol. The van der Waals surface area contributed by atoms with Crippen LogP contribution in [0.15, 0.2) is 47.4 Å². The third-order valence-electron chi connectivity index (χ3n) is 2.79. The normalized spacial score (nSPS) is 11.2. The van der Waals surface area contributed by atoms with Gasteiger partial charge >= 0.3 is 0 Å². The summed E-state index contributed by atoms with van der Waals surface area (Å²) in [6.45, 7) is 0. The molecule has 0 atom stereocenters. The molecule has 0 aliphatic rings. The average Bonchev–Trinajstić information content (AvgIpc) is 2.46. The number of halogens is 2. The Morgan fingerprint density at radius 3 is 2.27 bits per heavy atom. The van der Waals surface area contributed by atoms with E-state index in [1.54, 1.807) is 0 Å². The van der Waals surface area contributed by atoms with Crippen LogP contribution in [0.1, 0.15) is 10.4 Å². The van der Waals surface area contributed by atoms with Crippen LogP contribution < -0.4 is 4.72 Å². The fourth-order valence-electron chi connectivity index (χ4n) is 1.72. The molecule has 0 unspecified atom stereocenters. The van der Waals surface area contributed by atoms with Crippen LogP contribution in [0.3, 0.4) is 0 Å². The van der Waals surface area contributed by atoms with Gasteiger partial charge in [0.1, 0.15) is 16.5 Å². The predicted octanol–water partition coefficient (Wildman–Crippen LogP) is 2.88. The molecule has 0 aliphatic carbocycles. The standard InChI is InChI=1S/C14H11F2NO3S2/c15-10-3-6-14(12(16)7-10)22(19,20)17-11-4-1-9(2-5-11)13(18)8-21/h1-7,17,21H,8H2. The minimum absolute atomic E-state index is 0.0336. The highest BCUT2D eigenvalue weighted by Gasteiger charge is 2.19. The highest BCUT2D eigenvalue weighted by molar-refractivity contribution is 7.92. The lowest BCUT2D eigenvalue weighted by atomic mass is 10.1. The maximum absolute atomic E-state index is 13.6. The molecule has 0 saturated heterocycles. The smallest absolute Gasteiger partial charge is 0.264 e. The summed E-state index contributed by atoms with van der Waals surface area (Å²) < 4.78 is 52.6. The Balaban J connectivity index is 2.27. The van der Waals surface area contributed by atoms with Gasteiger partial charge in [-0.2, -0.15) is 12.6 Å². The van der Waals surface area contributed by atoms with E-state index in [0.29, 0.717) is 11.6 Å². The highest BCUT2D eigenvalue weighted by Crippen LogP contribution is 2.20. The summed E-state index contributed by atoms with van der Waals surface area (Å²) in [7, 11) is -4.19. The van der Waals surface area contributed by atoms with E-state index in [2.05, 4.69) is 17.4 Å². The van der Waals surface area contributed by atoms with E-state index >= 15 is 0 Å². The Hall–Kier alpha value is -1.93. The summed E-state index contributed by atoms with van der Waals surface area (Å²) in [6, 6.07) is 7.78. The lowest BCUT2D eigenvalue weighted by Gasteiger charge is -2.09. The van der Waals surface area contributed by atoms with Crippen LogP contribution in [0.4, 0.5) is 14.5 Å². The zero-order valence-corrected chi connectivity index (χ0v) is 12.8. The van der Waals surface area contributed by atoms with Crippen molar-refractivity contribution in [1.29, 1.82) is 0 Å². The van der Waals surface area contributed by atoms with Crippen LogP contribution in [0, 0.1) is 11.6 Å². The second kappa shape index (κ2) is 6.45. The van der Waals surface area contributed by atoms with Gasteiger partial charge in [-0.1, -0.05) is 0 Å². The molecule has 0 radical (unpaired) electrons. The van der Waals surface area contributed by atoms with Crippen LogP contribution in [0.5, 0.6) is 0 Å². The molecule has 4 nitrogen and oxygen atoms in total. The molecule has 8 heteroatoms. The number of sulfonamides is 1. The maximum Gasteiger partial charge on any atom is 0.264 e. The topological polar surface area (TPSA) is 63.2 Å². The number of carbonyl (C=O) groups excluding carboxylic acids is 1. The Kier molecular flexibility index (Phi) is 4.82. The van der Waals surface area contributed by atoms with Gasteiger partial charge < -0.3 is 0 Å². The predicted molar refractivity (Wildman–Crippen MR) is 81.8 cm³/mol. The first-order valence-corrected chi connectivity index (χ1v) is 8.17. The number of anilines is 1. The fourth-order valence-corrected chi connectivity index (χ4v) is 3.02. The Morgan fingerprint density at radius 2 is 1.73 bits per heavy atom. The summed E-state index contributed by atoms with van der Waals surface area (Å²) in [4.78, 5) is 10.7. The number of benzene rings is 2. The Bertz CT molecular complexity index is 805. The molecule has 2 aromatic carbocycles. The minimum atomic E-state index is -4.19. The third-order valence-corrected chi connectivity index (χ3v) is 4.49. The summed E-state index contributed by atoms with van der Waals surface area (Å²) >= 11 is 3.86. The third kappa shape index (κ3) is 3.63.